The van der Waals surface area contributed by atoms with Crippen molar-refractivity contribution < 1.29 is 31.1 Å². The Morgan fingerprint density at radius 1 is 0.786 bits per heavy atom. The summed E-state index contributed by atoms with van der Waals surface area (Å²) in [6.07, 6.45) is 2.85. The monoisotopic (exact) mass is 444 g/mol. The molecule has 28 heavy (non-hydrogen) atoms. The highest BCUT2D eigenvalue weighted by Crippen LogP contribution is 2.03. The van der Waals surface area contributed by atoms with Crippen molar-refractivity contribution in [3.05, 3.63) is 0 Å². The minimum Gasteiger partial charge on any atom is -0.464 e. The fourth-order valence-electron chi connectivity index (χ4n) is 2.05. The molecular formula is C17H36N2O7S2. The van der Waals surface area contributed by atoms with Gasteiger partial charge in [0.15, 0.2) is 0 Å². The summed E-state index contributed by atoms with van der Waals surface area (Å²) in [5.74, 6) is -0.275. The second-order valence-electron chi connectivity index (χ2n) is 6.57. The van der Waals surface area contributed by atoms with E-state index in [4.69, 9.17) is 9.47 Å². The Hall–Kier alpha value is -0.750. The van der Waals surface area contributed by atoms with Crippen molar-refractivity contribution in [3.8, 4) is 0 Å². The lowest BCUT2D eigenvalue weighted by molar-refractivity contribution is -0.144. The average molecular weight is 445 g/mol. The average Bonchev–Trinajstić information content (AvgIpc) is 2.64. The van der Waals surface area contributed by atoms with Crippen molar-refractivity contribution in [2.75, 3.05) is 58.5 Å². The Morgan fingerprint density at radius 2 is 1.25 bits per heavy atom. The second-order valence-corrected chi connectivity index (χ2v) is 11.0. The Labute approximate surface area is 170 Å². The Balaban J connectivity index is 3.91. The normalized spacial score (nSPS) is 12.6. The van der Waals surface area contributed by atoms with E-state index in [1.165, 1.54) is 22.7 Å². The molecule has 0 aromatic carbocycles. The van der Waals surface area contributed by atoms with Crippen LogP contribution in [0, 0.1) is 0 Å². The van der Waals surface area contributed by atoms with E-state index in [1.54, 1.807) is 0 Å². The van der Waals surface area contributed by atoms with Gasteiger partial charge in [0.05, 0.1) is 31.1 Å². The quantitative estimate of drug-likeness (QED) is 0.244. The largest absolute Gasteiger partial charge is 0.464 e. The van der Waals surface area contributed by atoms with Crippen molar-refractivity contribution in [3.63, 3.8) is 0 Å². The van der Waals surface area contributed by atoms with Gasteiger partial charge in [-0.15, -0.1) is 0 Å². The lowest BCUT2D eigenvalue weighted by Gasteiger charge is -2.17. The maximum Gasteiger partial charge on any atom is 0.308 e. The third-order valence-electron chi connectivity index (χ3n) is 4.13. The third-order valence-corrected chi connectivity index (χ3v) is 8.01. The van der Waals surface area contributed by atoms with E-state index in [0.717, 1.165) is 12.8 Å². The molecule has 0 rings (SSSR count). The van der Waals surface area contributed by atoms with Crippen molar-refractivity contribution in [1.82, 2.24) is 8.61 Å². The van der Waals surface area contributed by atoms with Crippen LogP contribution in [0.25, 0.3) is 0 Å². The Morgan fingerprint density at radius 3 is 1.71 bits per heavy atom. The van der Waals surface area contributed by atoms with Gasteiger partial charge in [-0.05, 0) is 12.8 Å². The molecule has 0 aliphatic heterocycles. The van der Waals surface area contributed by atoms with Crippen molar-refractivity contribution in [2.24, 2.45) is 0 Å². The summed E-state index contributed by atoms with van der Waals surface area (Å²) in [7, 11) is -3.59. The molecule has 0 saturated heterocycles. The van der Waals surface area contributed by atoms with Crippen LogP contribution in [0.3, 0.4) is 0 Å². The standard InChI is InChI=1S/C17H36N2O7S2/c1-5-7-15-27(21,22)18(3)10-13-25-12-9-17(20)26-14-11-19(4)28(23,24)16-8-6-2/h5-16H2,1-4H3. The molecule has 0 saturated carbocycles. The van der Waals surface area contributed by atoms with Crippen LogP contribution in [0.4, 0.5) is 0 Å². The molecule has 0 bridgehead atoms. The number of ether oxygens (including phenoxy) is 2. The summed E-state index contributed by atoms with van der Waals surface area (Å²) in [4.78, 5) is 11.6. The number of sulfonamides is 2. The molecule has 0 aromatic heterocycles. The summed E-state index contributed by atoms with van der Waals surface area (Å²) < 4.78 is 60.4. The smallest absolute Gasteiger partial charge is 0.308 e. The fraction of sp³-hybridized carbons (Fsp3) is 0.941. The molecule has 0 atom stereocenters. The van der Waals surface area contributed by atoms with Gasteiger partial charge in [-0.2, -0.15) is 0 Å². The summed E-state index contributed by atoms with van der Waals surface area (Å²) in [6, 6.07) is 0. The van der Waals surface area contributed by atoms with E-state index >= 15 is 0 Å². The maximum atomic E-state index is 11.9. The second kappa shape index (κ2) is 14.3. The number of rotatable bonds is 17. The fourth-order valence-corrected chi connectivity index (χ4v) is 4.69. The minimum atomic E-state index is -3.31. The van der Waals surface area contributed by atoms with Gasteiger partial charge in [-0.25, -0.2) is 25.4 Å². The lowest BCUT2D eigenvalue weighted by atomic mass is 10.4. The zero-order valence-corrected chi connectivity index (χ0v) is 19.2. The highest BCUT2D eigenvalue weighted by atomic mass is 32.2. The lowest BCUT2D eigenvalue weighted by Crippen LogP contribution is -2.33. The Bertz CT molecular complexity index is 636. The van der Waals surface area contributed by atoms with E-state index in [-0.39, 0.29) is 50.8 Å². The topological polar surface area (TPSA) is 110 Å². The van der Waals surface area contributed by atoms with Gasteiger partial charge in [-0.1, -0.05) is 26.7 Å². The van der Waals surface area contributed by atoms with Crippen LogP contribution in [0.5, 0.6) is 0 Å². The first-order valence-corrected chi connectivity index (χ1v) is 12.9. The summed E-state index contributed by atoms with van der Waals surface area (Å²) in [6.45, 7) is 4.48. The van der Waals surface area contributed by atoms with E-state index in [9.17, 15) is 21.6 Å². The predicted octanol–water partition coefficient (Wildman–Crippen LogP) is 1.06. The van der Waals surface area contributed by atoms with Crippen LogP contribution in [-0.2, 0) is 34.3 Å². The molecule has 0 fully saturated rings. The summed E-state index contributed by atoms with van der Waals surface area (Å²) in [5, 5.41) is 0. The molecule has 0 N–H and O–H groups in total. The van der Waals surface area contributed by atoms with Crippen molar-refractivity contribution >= 4 is 26.0 Å². The van der Waals surface area contributed by atoms with Gasteiger partial charge < -0.3 is 9.47 Å². The molecule has 0 amide bonds. The van der Waals surface area contributed by atoms with Gasteiger partial charge in [0.2, 0.25) is 20.0 Å². The summed E-state index contributed by atoms with van der Waals surface area (Å²) in [5.41, 5.74) is 0. The molecule has 0 aliphatic carbocycles. The molecule has 0 unspecified atom stereocenters. The molecule has 9 nitrogen and oxygen atoms in total. The van der Waals surface area contributed by atoms with Crippen LogP contribution < -0.4 is 0 Å². The van der Waals surface area contributed by atoms with Gasteiger partial charge >= 0.3 is 5.97 Å². The van der Waals surface area contributed by atoms with Crippen molar-refractivity contribution in [2.45, 2.75) is 46.0 Å². The molecule has 0 aromatic rings. The number of esters is 1. The van der Waals surface area contributed by atoms with Crippen LogP contribution >= 0.6 is 0 Å². The number of unbranched alkanes of at least 4 members (excludes halogenated alkanes) is 2. The number of hydrogen-bond donors (Lipinski definition) is 0. The van der Waals surface area contributed by atoms with E-state index < -0.39 is 26.0 Å². The van der Waals surface area contributed by atoms with Crippen LogP contribution in [-0.4, -0.2) is 89.9 Å². The molecular weight excluding hydrogens is 408 g/mol. The first-order chi connectivity index (χ1) is 13.1. The minimum absolute atomic E-state index is 0.0148. The van der Waals surface area contributed by atoms with Crippen molar-refractivity contribution in [1.29, 1.82) is 0 Å². The van der Waals surface area contributed by atoms with Gasteiger partial charge in [0, 0.05) is 27.2 Å². The number of hydrogen-bond acceptors (Lipinski definition) is 7. The van der Waals surface area contributed by atoms with E-state index in [0.29, 0.717) is 12.8 Å². The molecule has 168 valence electrons. The SMILES string of the molecule is CCCCS(=O)(=O)N(C)CCOCCC(=O)OCCN(C)S(=O)(=O)CCCC. The first-order valence-electron chi connectivity index (χ1n) is 9.68. The number of likely N-dealkylation sites (N-methyl/N-ethyl adjacent to an activating group) is 2. The molecule has 0 heterocycles. The van der Waals surface area contributed by atoms with Gasteiger partial charge in [0.25, 0.3) is 0 Å². The number of nitrogens with zero attached hydrogens (tertiary/aromatic N) is 2. The number of carbonyl (C=O) groups excluding carboxylic acids is 1. The van der Waals surface area contributed by atoms with Crippen LogP contribution in [0.1, 0.15) is 46.0 Å². The highest BCUT2D eigenvalue weighted by Gasteiger charge is 2.18. The predicted molar refractivity (Wildman–Crippen MR) is 109 cm³/mol. The van der Waals surface area contributed by atoms with Gasteiger partial charge in [-0.3, -0.25) is 4.79 Å². The van der Waals surface area contributed by atoms with Crippen LogP contribution in [0.2, 0.25) is 0 Å². The third kappa shape index (κ3) is 11.9. The van der Waals surface area contributed by atoms with E-state index in [1.807, 2.05) is 13.8 Å². The molecule has 0 aliphatic rings. The number of carbonyl (C=O) groups is 1. The highest BCUT2D eigenvalue weighted by molar-refractivity contribution is 7.89. The molecule has 11 heteroatoms. The molecule has 0 spiro atoms. The Kier molecular flexibility index (Phi) is 13.9. The zero-order valence-electron chi connectivity index (χ0n) is 17.6. The summed E-state index contributed by atoms with van der Waals surface area (Å²) >= 11 is 0. The molecule has 0 radical (unpaired) electrons. The van der Waals surface area contributed by atoms with Gasteiger partial charge in [0.1, 0.15) is 6.61 Å². The van der Waals surface area contributed by atoms with E-state index in [2.05, 4.69) is 0 Å². The maximum absolute atomic E-state index is 11.9. The first kappa shape index (κ1) is 27.2. The zero-order chi connectivity index (χ0) is 21.6. The van der Waals surface area contributed by atoms with Crippen LogP contribution in [0.15, 0.2) is 0 Å².